The van der Waals surface area contributed by atoms with Crippen molar-refractivity contribution in [2.45, 2.75) is 56.5 Å². The zero-order valence-corrected chi connectivity index (χ0v) is 16.1. The van der Waals surface area contributed by atoms with Crippen LogP contribution in [0, 0.1) is 0 Å². The van der Waals surface area contributed by atoms with Crippen molar-refractivity contribution in [3.8, 4) is 11.1 Å². The van der Waals surface area contributed by atoms with Crippen LogP contribution in [0.2, 0.25) is 0 Å². The molecule has 0 aliphatic heterocycles. The lowest BCUT2D eigenvalue weighted by atomic mass is 9.75. The highest BCUT2D eigenvalue weighted by Gasteiger charge is 2.45. The summed E-state index contributed by atoms with van der Waals surface area (Å²) in [7, 11) is -3.54. The minimum Gasteiger partial charge on any atom is -0.237 e. The molecule has 1 aliphatic rings. The van der Waals surface area contributed by atoms with E-state index in [0.717, 1.165) is 24.0 Å². The van der Waals surface area contributed by atoms with Gasteiger partial charge in [0.1, 0.15) is 0 Å². The quantitative estimate of drug-likeness (QED) is 0.817. The number of benzene rings is 2. The third-order valence-electron chi connectivity index (χ3n) is 5.22. The molecule has 1 N–H and O–H groups in total. The van der Waals surface area contributed by atoms with Gasteiger partial charge < -0.3 is 0 Å². The van der Waals surface area contributed by atoms with Gasteiger partial charge in [0.25, 0.3) is 0 Å². The van der Waals surface area contributed by atoms with E-state index in [4.69, 9.17) is 0 Å². The molecule has 5 heteroatoms. The average Bonchev–Trinajstić information content (AvgIpc) is 2.64. The third kappa shape index (κ3) is 3.69. The smallest absolute Gasteiger partial charge is 0.214 e. The van der Waals surface area contributed by atoms with Crippen LogP contribution in [0.5, 0.6) is 0 Å². The van der Waals surface area contributed by atoms with E-state index < -0.39 is 27.0 Å². The predicted molar refractivity (Wildman–Crippen MR) is 104 cm³/mol. The van der Waals surface area contributed by atoms with Crippen LogP contribution >= 0.6 is 0 Å². The van der Waals surface area contributed by atoms with E-state index in [1.54, 1.807) is 19.9 Å². The fourth-order valence-electron chi connectivity index (χ4n) is 3.66. The van der Waals surface area contributed by atoms with E-state index in [2.05, 4.69) is 4.72 Å². The lowest BCUT2D eigenvalue weighted by Gasteiger charge is -2.39. The van der Waals surface area contributed by atoms with Crippen molar-refractivity contribution in [2.24, 2.45) is 0 Å². The first kappa shape index (κ1) is 19.1. The molecule has 2 atom stereocenters. The molecule has 2 unspecified atom stereocenters. The summed E-state index contributed by atoms with van der Waals surface area (Å²) in [6.45, 7) is 3.23. The van der Waals surface area contributed by atoms with Gasteiger partial charge in [-0.25, -0.2) is 17.5 Å². The molecule has 2 aromatic rings. The van der Waals surface area contributed by atoms with E-state index in [1.807, 2.05) is 48.5 Å². The third-order valence-corrected chi connectivity index (χ3v) is 7.08. The molecule has 3 rings (SSSR count). The molecule has 2 aromatic carbocycles. The number of nitrogens with one attached hydrogen (secondary N) is 1. The molecule has 1 saturated carbocycles. The summed E-state index contributed by atoms with van der Waals surface area (Å²) in [4.78, 5) is 0. The summed E-state index contributed by atoms with van der Waals surface area (Å²) in [5.74, 6) is 0. The van der Waals surface area contributed by atoms with Crippen molar-refractivity contribution in [3.63, 3.8) is 0 Å². The Hall–Kier alpha value is -1.72. The van der Waals surface area contributed by atoms with Crippen LogP contribution in [0.15, 0.2) is 54.6 Å². The topological polar surface area (TPSA) is 46.2 Å². The second kappa shape index (κ2) is 7.49. The summed E-state index contributed by atoms with van der Waals surface area (Å²) in [6.07, 6.45) is 2.40. The minimum absolute atomic E-state index is 0.322. The van der Waals surface area contributed by atoms with Gasteiger partial charge >= 0.3 is 0 Å². The van der Waals surface area contributed by atoms with Crippen molar-refractivity contribution in [1.29, 1.82) is 0 Å². The number of halogens is 1. The summed E-state index contributed by atoms with van der Waals surface area (Å²) in [6, 6.07) is 16.4. The number of sulfonamides is 1. The van der Waals surface area contributed by atoms with Gasteiger partial charge in [0.15, 0.2) is 5.67 Å². The highest BCUT2D eigenvalue weighted by Crippen LogP contribution is 2.45. The molecule has 0 bridgehead atoms. The van der Waals surface area contributed by atoms with Crippen LogP contribution in [0.25, 0.3) is 11.1 Å². The van der Waals surface area contributed by atoms with Crippen LogP contribution in [0.1, 0.15) is 45.1 Å². The monoisotopic (exact) mass is 375 g/mol. The van der Waals surface area contributed by atoms with Gasteiger partial charge in [0.2, 0.25) is 10.0 Å². The molecule has 140 valence electrons. The Labute approximate surface area is 155 Å². The Morgan fingerprint density at radius 3 is 2.38 bits per heavy atom. The molecule has 1 fully saturated rings. The maximum atomic E-state index is 16.4. The maximum Gasteiger partial charge on any atom is 0.214 e. The fourth-order valence-corrected chi connectivity index (χ4v) is 4.63. The standard InChI is InChI=1S/C21H26FNO2S/c1-16(2)26(24,25)23-20-14-8-9-15-21(20,22)19-13-7-6-12-18(19)17-10-4-3-5-11-17/h3-7,10-13,16,20,23H,8-9,14-15H2,1-2H3. The van der Waals surface area contributed by atoms with Gasteiger partial charge in [-0.3, -0.25) is 0 Å². The Balaban J connectivity index is 2.06. The van der Waals surface area contributed by atoms with E-state index in [9.17, 15) is 8.42 Å². The molecule has 0 amide bonds. The van der Waals surface area contributed by atoms with Gasteiger partial charge in [-0.2, -0.15) is 0 Å². The number of hydrogen-bond acceptors (Lipinski definition) is 2. The molecule has 0 spiro atoms. The average molecular weight is 376 g/mol. The first-order valence-corrected chi connectivity index (χ1v) is 10.7. The highest BCUT2D eigenvalue weighted by molar-refractivity contribution is 7.90. The predicted octanol–water partition coefficient (Wildman–Crippen LogP) is 4.79. The molecule has 0 radical (unpaired) electrons. The van der Waals surface area contributed by atoms with Gasteiger partial charge in [0.05, 0.1) is 11.3 Å². The van der Waals surface area contributed by atoms with Gasteiger partial charge in [-0.05, 0) is 49.8 Å². The summed E-state index contributed by atoms with van der Waals surface area (Å²) in [5, 5.41) is -0.585. The lowest BCUT2D eigenvalue weighted by Crippen LogP contribution is -2.51. The van der Waals surface area contributed by atoms with Crippen LogP contribution in [-0.4, -0.2) is 19.7 Å². The lowest BCUT2D eigenvalue weighted by molar-refractivity contribution is 0.0718. The summed E-state index contributed by atoms with van der Waals surface area (Å²) < 4.78 is 43.8. The molecule has 1 aliphatic carbocycles. The molecule has 0 heterocycles. The normalized spacial score (nSPS) is 23.9. The number of rotatable bonds is 5. The molecule has 3 nitrogen and oxygen atoms in total. The zero-order chi connectivity index (χ0) is 18.8. The molecular weight excluding hydrogens is 349 g/mol. The fraction of sp³-hybridized carbons (Fsp3) is 0.429. The van der Waals surface area contributed by atoms with Crippen molar-refractivity contribution >= 4 is 10.0 Å². The van der Waals surface area contributed by atoms with E-state index in [1.165, 1.54) is 0 Å². The summed E-state index contributed by atoms with van der Waals surface area (Å²) in [5.41, 5.74) is 0.622. The highest BCUT2D eigenvalue weighted by atomic mass is 32.2. The van der Waals surface area contributed by atoms with Crippen LogP contribution < -0.4 is 4.72 Å². The maximum absolute atomic E-state index is 16.4. The Bertz CT molecular complexity index is 851. The second-order valence-electron chi connectivity index (χ2n) is 7.28. The van der Waals surface area contributed by atoms with Crippen LogP contribution in [0.4, 0.5) is 4.39 Å². The van der Waals surface area contributed by atoms with Crippen LogP contribution in [-0.2, 0) is 15.7 Å². The van der Waals surface area contributed by atoms with E-state index in [0.29, 0.717) is 18.4 Å². The van der Waals surface area contributed by atoms with Crippen molar-refractivity contribution < 1.29 is 12.8 Å². The van der Waals surface area contributed by atoms with Crippen molar-refractivity contribution in [3.05, 3.63) is 60.2 Å². The van der Waals surface area contributed by atoms with Crippen molar-refractivity contribution in [2.75, 3.05) is 0 Å². The molecule has 0 aromatic heterocycles. The second-order valence-corrected chi connectivity index (χ2v) is 9.55. The Morgan fingerprint density at radius 1 is 1.04 bits per heavy atom. The zero-order valence-electron chi connectivity index (χ0n) is 15.3. The minimum atomic E-state index is -3.54. The van der Waals surface area contributed by atoms with Crippen molar-refractivity contribution in [1.82, 2.24) is 4.72 Å². The van der Waals surface area contributed by atoms with Gasteiger partial charge in [0, 0.05) is 0 Å². The Morgan fingerprint density at radius 2 is 1.69 bits per heavy atom. The largest absolute Gasteiger partial charge is 0.237 e. The molecule has 26 heavy (non-hydrogen) atoms. The summed E-state index contributed by atoms with van der Waals surface area (Å²) >= 11 is 0. The van der Waals surface area contributed by atoms with Crippen LogP contribution in [0.3, 0.4) is 0 Å². The molecule has 0 saturated heterocycles. The molecular formula is C21H26FNO2S. The first-order chi connectivity index (χ1) is 12.3. The van der Waals surface area contributed by atoms with Gasteiger partial charge in [-0.1, -0.05) is 61.0 Å². The number of alkyl halides is 1. The van der Waals surface area contributed by atoms with Gasteiger partial charge in [-0.15, -0.1) is 0 Å². The van der Waals surface area contributed by atoms with E-state index >= 15 is 4.39 Å². The number of hydrogen-bond donors (Lipinski definition) is 1. The van der Waals surface area contributed by atoms with E-state index in [-0.39, 0.29) is 0 Å². The Kier molecular flexibility index (Phi) is 5.49. The SMILES string of the molecule is CC(C)S(=O)(=O)NC1CCCCC1(F)c1ccccc1-c1ccccc1. The first-order valence-electron chi connectivity index (χ1n) is 9.19.